The van der Waals surface area contributed by atoms with Crippen molar-refractivity contribution in [1.29, 1.82) is 0 Å². The van der Waals surface area contributed by atoms with E-state index in [-0.39, 0.29) is 17.2 Å². The standard InChI is InChI=1S/C20H23N5O4/c1-11-17-18(24-23-11)14-9-13(10-15(20(28)29-3)22-12(2)26)5-6-16(14)25(19(17)27)8-4-7-21/h5-6,9-10H,4,7-8,21H2,1-3H3,(H,22,26)(H,23,24)/b15-10-. The van der Waals surface area contributed by atoms with E-state index in [1.807, 2.05) is 6.07 Å². The average molecular weight is 397 g/mol. The summed E-state index contributed by atoms with van der Waals surface area (Å²) in [7, 11) is 1.24. The Kier molecular flexibility index (Phi) is 5.79. The highest BCUT2D eigenvalue weighted by atomic mass is 16.5. The molecule has 29 heavy (non-hydrogen) atoms. The number of esters is 1. The highest BCUT2D eigenvalue weighted by molar-refractivity contribution is 6.05. The van der Waals surface area contributed by atoms with Crippen molar-refractivity contribution < 1.29 is 14.3 Å². The molecule has 0 saturated carbocycles. The van der Waals surface area contributed by atoms with Gasteiger partial charge in [0.2, 0.25) is 5.91 Å². The number of benzene rings is 1. The van der Waals surface area contributed by atoms with Crippen LogP contribution in [0.1, 0.15) is 24.6 Å². The lowest BCUT2D eigenvalue weighted by Crippen LogP contribution is -2.25. The number of nitrogens with two attached hydrogens (primary N) is 1. The number of methoxy groups -OCH3 is 1. The summed E-state index contributed by atoms with van der Waals surface area (Å²) in [6.45, 7) is 4.06. The van der Waals surface area contributed by atoms with Crippen LogP contribution in [-0.2, 0) is 20.9 Å². The summed E-state index contributed by atoms with van der Waals surface area (Å²) >= 11 is 0. The molecule has 0 fully saturated rings. The third-order valence-corrected chi connectivity index (χ3v) is 4.59. The summed E-state index contributed by atoms with van der Waals surface area (Å²) < 4.78 is 6.42. The largest absolute Gasteiger partial charge is 0.464 e. The number of amides is 1. The van der Waals surface area contributed by atoms with Crippen molar-refractivity contribution in [2.45, 2.75) is 26.8 Å². The predicted octanol–water partition coefficient (Wildman–Crippen LogP) is 1.19. The number of aromatic nitrogens is 3. The highest BCUT2D eigenvalue weighted by Crippen LogP contribution is 2.25. The lowest BCUT2D eigenvalue weighted by Gasteiger charge is -2.12. The molecule has 3 aromatic rings. The molecule has 0 aliphatic heterocycles. The predicted molar refractivity (Wildman–Crippen MR) is 110 cm³/mol. The van der Waals surface area contributed by atoms with Gasteiger partial charge >= 0.3 is 5.97 Å². The molecule has 4 N–H and O–H groups in total. The summed E-state index contributed by atoms with van der Waals surface area (Å²) in [5, 5.41) is 10.9. The Hall–Kier alpha value is -3.46. The van der Waals surface area contributed by atoms with Crippen LogP contribution in [-0.4, -0.2) is 40.3 Å². The fraction of sp³-hybridized carbons (Fsp3) is 0.300. The fourth-order valence-corrected chi connectivity index (χ4v) is 3.28. The van der Waals surface area contributed by atoms with Crippen LogP contribution in [0, 0.1) is 6.92 Å². The average Bonchev–Trinajstić information content (AvgIpc) is 3.08. The van der Waals surface area contributed by atoms with Gasteiger partial charge in [-0.1, -0.05) is 6.07 Å². The first-order valence-electron chi connectivity index (χ1n) is 9.16. The number of nitrogens with one attached hydrogen (secondary N) is 2. The van der Waals surface area contributed by atoms with Gasteiger partial charge in [0, 0.05) is 24.5 Å². The number of ether oxygens (including phenoxy) is 1. The lowest BCUT2D eigenvalue weighted by molar-refractivity contribution is -0.137. The molecule has 0 radical (unpaired) electrons. The first-order chi connectivity index (χ1) is 13.9. The number of aryl methyl sites for hydroxylation is 2. The first-order valence-corrected chi connectivity index (χ1v) is 9.16. The van der Waals surface area contributed by atoms with Crippen molar-refractivity contribution >= 4 is 39.8 Å². The number of hydrogen-bond acceptors (Lipinski definition) is 6. The molecule has 0 aliphatic carbocycles. The van der Waals surface area contributed by atoms with Crippen LogP contribution in [0.2, 0.25) is 0 Å². The minimum absolute atomic E-state index is 0.0188. The Morgan fingerprint density at radius 1 is 1.38 bits per heavy atom. The molecule has 1 aromatic carbocycles. The molecular formula is C20H23N5O4. The summed E-state index contributed by atoms with van der Waals surface area (Å²) in [6, 6.07) is 5.38. The molecule has 0 aliphatic rings. The Morgan fingerprint density at radius 2 is 2.14 bits per heavy atom. The van der Waals surface area contributed by atoms with E-state index in [4.69, 9.17) is 10.5 Å². The van der Waals surface area contributed by atoms with E-state index in [0.717, 1.165) is 10.9 Å². The van der Waals surface area contributed by atoms with Crippen molar-refractivity contribution in [1.82, 2.24) is 20.1 Å². The van der Waals surface area contributed by atoms with E-state index in [1.54, 1.807) is 23.6 Å². The molecule has 0 spiro atoms. The maximum Gasteiger partial charge on any atom is 0.354 e. The molecule has 9 nitrogen and oxygen atoms in total. The number of fused-ring (bicyclic) bond motifs is 3. The van der Waals surface area contributed by atoms with Crippen LogP contribution in [0.25, 0.3) is 27.9 Å². The van der Waals surface area contributed by atoms with Gasteiger partial charge in [-0.2, -0.15) is 5.10 Å². The van der Waals surface area contributed by atoms with Gasteiger partial charge in [0.05, 0.1) is 18.0 Å². The minimum Gasteiger partial charge on any atom is -0.464 e. The Balaban J connectivity index is 2.26. The Bertz CT molecular complexity index is 1190. The van der Waals surface area contributed by atoms with E-state index in [9.17, 15) is 14.4 Å². The summed E-state index contributed by atoms with van der Waals surface area (Å²) in [4.78, 5) is 36.4. The van der Waals surface area contributed by atoms with Gasteiger partial charge in [0.15, 0.2) is 0 Å². The third kappa shape index (κ3) is 3.90. The van der Waals surface area contributed by atoms with Crippen molar-refractivity contribution in [2.75, 3.05) is 13.7 Å². The van der Waals surface area contributed by atoms with Crippen molar-refractivity contribution in [3.8, 4) is 0 Å². The summed E-state index contributed by atoms with van der Waals surface area (Å²) in [5.41, 5.74) is 8.14. The van der Waals surface area contributed by atoms with Gasteiger partial charge in [0.1, 0.15) is 11.2 Å². The third-order valence-electron chi connectivity index (χ3n) is 4.59. The SMILES string of the molecule is COC(=O)/C(=C/c1ccc2c(c1)c1n[nH]c(C)c1c(=O)n2CCCN)NC(C)=O. The molecule has 152 valence electrons. The number of aromatic amines is 1. The van der Waals surface area contributed by atoms with Crippen LogP contribution < -0.4 is 16.6 Å². The molecule has 2 heterocycles. The van der Waals surface area contributed by atoms with E-state index in [1.165, 1.54) is 20.1 Å². The molecule has 0 atom stereocenters. The molecular weight excluding hydrogens is 374 g/mol. The summed E-state index contributed by atoms with van der Waals surface area (Å²) in [5.74, 6) is -1.04. The molecule has 3 rings (SSSR count). The van der Waals surface area contributed by atoms with Gasteiger partial charge in [0.25, 0.3) is 5.56 Å². The molecule has 2 aromatic heterocycles. The number of carbonyl (C=O) groups is 2. The molecule has 0 unspecified atom stereocenters. The normalized spacial score (nSPS) is 11.8. The van der Waals surface area contributed by atoms with Crippen LogP contribution in [0.4, 0.5) is 0 Å². The van der Waals surface area contributed by atoms with E-state index in [2.05, 4.69) is 15.5 Å². The topological polar surface area (TPSA) is 132 Å². The van der Waals surface area contributed by atoms with Gasteiger partial charge < -0.3 is 20.4 Å². The van der Waals surface area contributed by atoms with Gasteiger partial charge in [-0.3, -0.25) is 14.7 Å². The number of carbonyl (C=O) groups excluding carboxylic acids is 2. The van der Waals surface area contributed by atoms with E-state index in [0.29, 0.717) is 41.7 Å². The van der Waals surface area contributed by atoms with Gasteiger partial charge in [-0.05, 0) is 43.7 Å². The number of pyridine rings is 1. The Morgan fingerprint density at radius 3 is 2.79 bits per heavy atom. The molecule has 1 amide bonds. The molecule has 0 bridgehead atoms. The lowest BCUT2D eigenvalue weighted by atomic mass is 10.1. The fourth-order valence-electron chi connectivity index (χ4n) is 3.28. The van der Waals surface area contributed by atoms with Gasteiger partial charge in [-0.15, -0.1) is 0 Å². The first kappa shape index (κ1) is 20.3. The van der Waals surface area contributed by atoms with Crippen LogP contribution in [0.15, 0.2) is 28.7 Å². The maximum atomic E-state index is 13.0. The number of hydrogen-bond donors (Lipinski definition) is 3. The monoisotopic (exact) mass is 397 g/mol. The van der Waals surface area contributed by atoms with Crippen molar-refractivity contribution in [3.63, 3.8) is 0 Å². The van der Waals surface area contributed by atoms with Crippen LogP contribution in [0.3, 0.4) is 0 Å². The molecule has 0 saturated heterocycles. The second kappa shape index (κ2) is 8.27. The second-order valence-electron chi connectivity index (χ2n) is 6.68. The molecule has 9 heteroatoms. The summed E-state index contributed by atoms with van der Waals surface area (Å²) in [6.07, 6.45) is 2.18. The van der Waals surface area contributed by atoms with E-state index < -0.39 is 5.97 Å². The maximum absolute atomic E-state index is 13.0. The highest BCUT2D eigenvalue weighted by Gasteiger charge is 2.16. The minimum atomic E-state index is -0.658. The number of nitrogens with zero attached hydrogens (tertiary/aromatic N) is 2. The number of rotatable bonds is 6. The second-order valence-corrected chi connectivity index (χ2v) is 6.68. The smallest absolute Gasteiger partial charge is 0.354 e. The van der Waals surface area contributed by atoms with Crippen molar-refractivity contribution in [3.05, 3.63) is 45.5 Å². The van der Waals surface area contributed by atoms with Gasteiger partial charge in [-0.25, -0.2) is 4.79 Å². The van der Waals surface area contributed by atoms with Crippen LogP contribution in [0.5, 0.6) is 0 Å². The number of H-pyrrole nitrogens is 1. The quantitative estimate of drug-likeness (QED) is 0.423. The zero-order valence-corrected chi connectivity index (χ0v) is 16.5. The Labute approximate surface area is 166 Å². The zero-order valence-electron chi connectivity index (χ0n) is 16.5. The zero-order chi connectivity index (χ0) is 21.1. The van der Waals surface area contributed by atoms with E-state index >= 15 is 0 Å². The van der Waals surface area contributed by atoms with Crippen LogP contribution >= 0.6 is 0 Å². The van der Waals surface area contributed by atoms with Crippen molar-refractivity contribution in [2.24, 2.45) is 5.73 Å².